The molecule has 0 bridgehead atoms. The van der Waals surface area contributed by atoms with Gasteiger partial charge >= 0.3 is 5.97 Å². The van der Waals surface area contributed by atoms with Crippen molar-refractivity contribution in [1.29, 1.82) is 0 Å². The third kappa shape index (κ3) is 4.23. The first-order chi connectivity index (χ1) is 13.2. The molecule has 0 saturated heterocycles. The molecule has 1 aromatic carbocycles. The van der Waals surface area contributed by atoms with Crippen LogP contribution in [0.3, 0.4) is 0 Å². The van der Waals surface area contributed by atoms with Crippen LogP contribution in [-0.4, -0.2) is 32.1 Å². The van der Waals surface area contributed by atoms with Gasteiger partial charge in [-0.25, -0.2) is 4.79 Å². The van der Waals surface area contributed by atoms with Gasteiger partial charge in [0.25, 0.3) is 0 Å². The summed E-state index contributed by atoms with van der Waals surface area (Å²) in [6.45, 7) is 6.56. The van der Waals surface area contributed by atoms with E-state index in [-0.39, 0.29) is 17.8 Å². The first-order valence-corrected chi connectivity index (χ1v) is 10.2. The first kappa shape index (κ1) is 20.8. The van der Waals surface area contributed by atoms with E-state index < -0.39 is 11.9 Å². The van der Waals surface area contributed by atoms with Crippen LogP contribution in [0.25, 0.3) is 0 Å². The summed E-state index contributed by atoms with van der Waals surface area (Å²) in [7, 11) is 1.56. The van der Waals surface area contributed by atoms with E-state index in [9.17, 15) is 9.59 Å². The minimum absolute atomic E-state index is 0.0846. The third-order valence-corrected chi connectivity index (χ3v) is 5.71. The van der Waals surface area contributed by atoms with Gasteiger partial charge in [0.2, 0.25) is 0 Å². The Morgan fingerprint density at radius 2 is 1.89 bits per heavy atom. The molecule has 6 heteroatoms. The molecule has 0 radical (unpaired) electrons. The first-order valence-electron chi connectivity index (χ1n) is 9.39. The van der Waals surface area contributed by atoms with E-state index >= 15 is 0 Å². The Hall–Kier alpha value is -1.92. The number of rotatable bonds is 5. The summed E-state index contributed by atoms with van der Waals surface area (Å²) in [6.07, 6.45) is 1.23. The van der Waals surface area contributed by atoms with Crippen LogP contribution in [0.1, 0.15) is 45.1 Å². The highest BCUT2D eigenvalue weighted by atomic mass is 79.9. The van der Waals surface area contributed by atoms with Crippen LogP contribution < -0.4 is 5.32 Å². The molecule has 1 aliphatic carbocycles. The standard InChI is InChI=1S/C22H26BrNO4/c1-13-18(21(26)28-10-9-27-4)19(14-5-7-15(23)8-6-14)20-16(24-13)11-22(2,3)12-17(20)25/h5-8,19,24H,9-12H2,1-4H3/t19-/m0/s1. The van der Waals surface area contributed by atoms with E-state index in [1.54, 1.807) is 7.11 Å². The Morgan fingerprint density at radius 1 is 1.21 bits per heavy atom. The van der Waals surface area contributed by atoms with Crippen molar-refractivity contribution in [3.63, 3.8) is 0 Å². The number of dihydropyridines is 1. The summed E-state index contributed by atoms with van der Waals surface area (Å²) in [5, 5.41) is 3.33. The van der Waals surface area contributed by atoms with E-state index in [4.69, 9.17) is 9.47 Å². The number of hydrogen-bond acceptors (Lipinski definition) is 5. The molecule has 5 nitrogen and oxygen atoms in total. The Kier molecular flexibility index (Phi) is 6.10. The van der Waals surface area contributed by atoms with Gasteiger partial charge in [-0.2, -0.15) is 0 Å². The lowest BCUT2D eigenvalue weighted by Gasteiger charge is -2.39. The Balaban J connectivity index is 2.07. The number of halogens is 1. The summed E-state index contributed by atoms with van der Waals surface area (Å²) in [5.74, 6) is -0.761. The molecule has 2 aliphatic rings. The number of carbonyl (C=O) groups is 2. The summed E-state index contributed by atoms with van der Waals surface area (Å²) < 4.78 is 11.3. The molecule has 1 heterocycles. The fraction of sp³-hybridized carbons (Fsp3) is 0.455. The molecule has 0 amide bonds. The van der Waals surface area contributed by atoms with Gasteiger partial charge < -0.3 is 14.8 Å². The molecule has 1 aliphatic heterocycles. The second kappa shape index (κ2) is 8.21. The summed E-state index contributed by atoms with van der Waals surface area (Å²) in [6, 6.07) is 7.76. The number of ketones is 1. The lowest BCUT2D eigenvalue weighted by atomic mass is 9.68. The topological polar surface area (TPSA) is 64.6 Å². The molecule has 0 saturated carbocycles. The van der Waals surface area contributed by atoms with Crippen molar-refractivity contribution in [1.82, 2.24) is 5.32 Å². The number of esters is 1. The largest absolute Gasteiger partial charge is 0.460 e. The molecular weight excluding hydrogens is 422 g/mol. The maximum atomic E-state index is 13.1. The summed E-state index contributed by atoms with van der Waals surface area (Å²) >= 11 is 3.45. The van der Waals surface area contributed by atoms with Crippen molar-refractivity contribution in [2.75, 3.05) is 20.3 Å². The average molecular weight is 448 g/mol. The maximum absolute atomic E-state index is 13.1. The maximum Gasteiger partial charge on any atom is 0.336 e. The van der Waals surface area contributed by atoms with E-state index in [2.05, 4.69) is 35.1 Å². The van der Waals surface area contributed by atoms with Gasteiger partial charge in [-0.05, 0) is 36.5 Å². The number of nitrogens with one attached hydrogen (secondary N) is 1. The third-order valence-electron chi connectivity index (χ3n) is 5.18. The van der Waals surface area contributed by atoms with Gasteiger partial charge in [0.05, 0.1) is 12.2 Å². The minimum atomic E-state index is -0.428. The number of carbonyl (C=O) groups excluding carboxylic acids is 2. The van der Waals surface area contributed by atoms with E-state index in [0.29, 0.717) is 24.2 Å². The zero-order valence-corrected chi connectivity index (χ0v) is 18.3. The second-order valence-corrected chi connectivity index (χ2v) is 9.03. The zero-order chi connectivity index (χ0) is 20.5. The summed E-state index contributed by atoms with van der Waals surface area (Å²) in [5.41, 5.74) is 3.63. The number of hydrogen-bond donors (Lipinski definition) is 1. The SMILES string of the molecule is COCCOC(=O)C1=C(C)NC2=C(C(=O)CC(C)(C)C2)[C@H]1c1ccc(Br)cc1. The van der Waals surface area contributed by atoms with Crippen molar-refractivity contribution in [3.8, 4) is 0 Å². The molecule has 28 heavy (non-hydrogen) atoms. The van der Waals surface area contributed by atoms with Crippen molar-refractivity contribution < 1.29 is 19.1 Å². The van der Waals surface area contributed by atoms with Crippen LogP contribution in [0.4, 0.5) is 0 Å². The molecule has 0 unspecified atom stereocenters. The van der Waals surface area contributed by atoms with Crippen LogP contribution in [0.2, 0.25) is 0 Å². The van der Waals surface area contributed by atoms with E-state index in [1.807, 2.05) is 31.2 Å². The smallest absolute Gasteiger partial charge is 0.336 e. The highest BCUT2D eigenvalue weighted by Crippen LogP contribution is 2.46. The zero-order valence-electron chi connectivity index (χ0n) is 16.7. The summed E-state index contributed by atoms with van der Waals surface area (Å²) in [4.78, 5) is 26.1. The Morgan fingerprint density at radius 3 is 2.54 bits per heavy atom. The van der Waals surface area contributed by atoms with Gasteiger partial charge in [-0.1, -0.05) is 41.9 Å². The molecule has 0 aromatic heterocycles. The van der Waals surface area contributed by atoms with Crippen molar-refractivity contribution in [2.45, 2.75) is 39.5 Å². The number of benzene rings is 1. The van der Waals surface area contributed by atoms with Crippen LogP contribution in [0.5, 0.6) is 0 Å². The lowest BCUT2D eigenvalue weighted by Crippen LogP contribution is -2.38. The Labute approximate surface area is 174 Å². The predicted molar refractivity (Wildman–Crippen MR) is 111 cm³/mol. The molecule has 1 aromatic rings. The van der Waals surface area contributed by atoms with Crippen LogP contribution >= 0.6 is 15.9 Å². The van der Waals surface area contributed by atoms with Gasteiger partial charge in [-0.3, -0.25) is 4.79 Å². The van der Waals surface area contributed by atoms with Crippen molar-refractivity contribution >= 4 is 27.7 Å². The number of allylic oxidation sites excluding steroid dienone is 3. The fourth-order valence-electron chi connectivity index (χ4n) is 3.99. The minimum Gasteiger partial charge on any atom is -0.460 e. The van der Waals surface area contributed by atoms with Crippen molar-refractivity contribution in [3.05, 3.63) is 56.8 Å². The number of Topliss-reactive ketones (excluding diaryl/α,β-unsaturated/α-hetero) is 1. The van der Waals surface area contributed by atoms with Crippen molar-refractivity contribution in [2.24, 2.45) is 5.41 Å². The molecule has 150 valence electrons. The molecule has 1 N–H and O–H groups in total. The highest BCUT2D eigenvalue weighted by Gasteiger charge is 2.43. The van der Waals surface area contributed by atoms with Gasteiger partial charge in [-0.15, -0.1) is 0 Å². The van der Waals surface area contributed by atoms with Gasteiger partial charge in [0.1, 0.15) is 6.61 Å². The van der Waals surface area contributed by atoms with E-state index in [1.165, 1.54) is 0 Å². The molecule has 0 spiro atoms. The van der Waals surface area contributed by atoms with Gasteiger partial charge in [0, 0.05) is 40.9 Å². The van der Waals surface area contributed by atoms with Gasteiger partial charge in [0.15, 0.2) is 5.78 Å². The monoisotopic (exact) mass is 447 g/mol. The van der Waals surface area contributed by atoms with Crippen LogP contribution in [0, 0.1) is 5.41 Å². The second-order valence-electron chi connectivity index (χ2n) is 8.11. The number of ether oxygens (including phenoxy) is 2. The van der Waals surface area contributed by atoms with Crippen LogP contribution in [-0.2, 0) is 19.1 Å². The molecular formula is C22H26BrNO4. The quantitative estimate of drug-likeness (QED) is 0.539. The Bertz CT molecular complexity index is 852. The molecule has 3 rings (SSSR count). The van der Waals surface area contributed by atoms with E-state index in [0.717, 1.165) is 27.9 Å². The number of methoxy groups -OCH3 is 1. The normalized spacial score (nSPS) is 21.3. The van der Waals surface area contributed by atoms with Crippen LogP contribution in [0.15, 0.2) is 51.3 Å². The predicted octanol–water partition coefficient (Wildman–Crippen LogP) is 4.24. The molecule has 0 fully saturated rings. The average Bonchev–Trinajstić information content (AvgIpc) is 2.60. The highest BCUT2D eigenvalue weighted by molar-refractivity contribution is 9.10. The fourth-order valence-corrected chi connectivity index (χ4v) is 4.25. The molecule has 1 atom stereocenters. The lowest BCUT2D eigenvalue weighted by molar-refractivity contribution is -0.140.